The predicted molar refractivity (Wildman–Crippen MR) is 79.9 cm³/mol. The quantitative estimate of drug-likeness (QED) is 0.834. The number of carbonyl (C=O) groups is 1. The number of ether oxygens (including phenoxy) is 1. The number of hydrogen-bond donors (Lipinski definition) is 1. The molecular formula is C16H24N2O2. The first-order valence-corrected chi connectivity index (χ1v) is 7.54. The molecule has 1 aromatic heterocycles. The van der Waals surface area contributed by atoms with Gasteiger partial charge in [-0.1, -0.05) is 19.8 Å². The summed E-state index contributed by atoms with van der Waals surface area (Å²) in [4.78, 5) is 16.0. The Bertz CT molecular complexity index is 440. The molecule has 1 aromatic rings. The van der Waals surface area contributed by atoms with Gasteiger partial charge in [0.15, 0.2) is 0 Å². The van der Waals surface area contributed by atoms with Crippen molar-refractivity contribution in [2.45, 2.75) is 51.5 Å². The van der Waals surface area contributed by atoms with Gasteiger partial charge in [0.1, 0.15) is 11.4 Å². The first kappa shape index (κ1) is 14.8. The van der Waals surface area contributed by atoms with Crippen LogP contribution in [0, 0.1) is 5.92 Å². The Labute approximate surface area is 120 Å². The molecular weight excluding hydrogens is 252 g/mol. The molecule has 0 bridgehead atoms. The highest BCUT2D eigenvalue weighted by Gasteiger charge is 2.22. The molecule has 1 heterocycles. The van der Waals surface area contributed by atoms with Gasteiger partial charge in [0.25, 0.3) is 0 Å². The number of methoxy groups -OCH3 is 1. The molecule has 1 aliphatic rings. The summed E-state index contributed by atoms with van der Waals surface area (Å²) >= 11 is 0. The monoisotopic (exact) mass is 276 g/mol. The highest BCUT2D eigenvalue weighted by atomic mass is 16.5. The largest absolute Gasteiger partial charge is 0.465 e. The summed E-state index contributed by atoms with van der Waals surface area (Å²) in [5.41, 5.74) is 0.519. The molecule has 0 unspecified atom stereocenters. The van der Waals surface area contributed by atoms with Crippen molar-refractivity contribution in [2.75, 3.05) is 12.4 Å². The molecule has 0 aromatic carbocycles. The summed E-state index contributed by atoms with van der Waals surface area (Å²) in [5.74, 6) is 1.19. The number of nitrogens with one attached hydrogen (secondary N) is 1. The van der Waals surface area contributed by atoms with E-state index in [1.165, 1.54) is 32.8 Å². The van der Waals surface area contributed by atoms with E-state index < -0.39 is 0 Å². The van der Waals surface area contributed by atoms with Crippen molar-refractivity contribution in [3.05, 3.63) is 23.9 Å². The number of rotatable bonds is 5. The SMILES string of the molecule is CCCC1CCC(Nc2ncccc2C(=O)OC)CC1. The molecule has 0 amide bonds. The second-order valence-electron chi connectivity index (χ2n) is 5.54. The van der Waals surface area contributed by atoms with Crippen LogP contribution in [0.25, 0.3) is 0 Å². The van der Waals surface area contributed by atoms with Crippen molar-refractivity contribution in [1.29, 1.82) is 0 Å². The van der Waals surface area contributed by atoms with Gasteiger partial charge in [-0.25, -0.2) is 9.78 Å². The first-order chi connectivity index (χ1) is 9.74. The van der Waals surface area contributed by atoms with Crippen LogP contribution >= 0.6 is 0 Å². The third kappa shape index (κ3) is 3.71. The number of carbonyl (C=O) groups excluding carboxylic acids is 1. The van der Waals surface area contributed by atoms with E-state index in [9.17, 15) is 4.79 Å². The highest BCUT2D eigenvalue weighted by molar-refractivity contribution is 5.94. The van der Waals surface area contributed by atoms with Crippen molar-refractivity contribution < 1.29 is 9.53 Å². The Morgan fingerprint density at radius 3 is 2.80 bits per heavy atom. The maximum absolute atomic E-state index is 11.7. The van der Waals surface area contributed by atoms with E-state index in [1.54, 1.807) is 18.3 Å². The number of hydrogen-bond acceptors (Lipinski definition) is 4. The Balaban J connectivity index is 1.96. The predicted octanol–water partition coefficient (Wildman–Crippen LogP) is 3.64. The van der Waals surface area contributed by atoms with Crippen LogP contribution in [0.4, 0.5) is 5.82 Å². The Morgan fingerprint density at radius 2 is 2.15 bits per heavy atom. The fourth-order valence-corrected chi connectivity index (χ4v) is 2.99. The van der Waals surface area contributed by atoms with E-state index in [0.29, 0.717) is 17.4 Å². The van der Waals surface area contributed by atoms with Crippen LogP contribution in [0.3, 0.4) is 0 Å². The van der Waals surface area contributed by atoms with Crippen LogP contribution in [0.2, 0.25) is 0 Å². The first-order valence-electron chi connectivity index (χ1n) is 7.54. The molecule has 0 saturated heterocycles. The molecule has 4 nitrogen and oxygen atoms in total. The maximum Gasteiger partial charge on any atom is 0.341 e. The van der Waals surface area contributed by atoms with Gasteiger partial charge in [-0.05, 0) is 43.7 Å². The number of aromatic nitrogens is 1. The van der Waals surface area contributed by atoms with E-state index in [0.717, 1.165) is 18.8 Å². The Morgan fingerprint density at radius 1 is 1.40 bits per heavy atom. The molecule has 1 fully saturated rings. The Kier molecular flexibility index (Phi) is 5.39. The third-order valence-corrected chi connectivity index (χ3v) is 4.10. The minimum atomic E-state index is -0.333. The zero-order chi connectivity index (χ0) is 14.4. The lowest BCUT2D eigenvalue weighted by Gasteiger charge is -2.29. The van der Waals surface area contributed by atoms with E-state index in [1.807, 2.05) is 0 Å². The summed E-state index contributed by atoms with van der Waals surface area (Å²) in [6.45, 7) is 2.25. The van der Waals surface area contributed by atoms with E-state index in [2.05, 4.69) is 17.2 Å². The molecule has 0 aliphatic heterocycles. The van der Waals surface area contributed by atoms with Crippen LogP contribution < -0.4 is 5.32 Å². The van der Waals surface area contributed by atoms with E-state index >= 15 is 0 Å². The second-order valence-corrected chi connectivity index (χ2v) is 5.54. The van der Waals surface area contributed by atoms with Gasteiger partial charge in [-0.2, -0.15) is 0 Å². The molecule has 1 N–H and O–H groups in total. The fraction of sp³-hybridized carbons (Fsp3) is 0.625. The van der Waals surface area contributed by atoms with Gasteiger partial charge >= 0.3 is 5.97 Å². The molecule has 0 atom stereocenters. The molecule has 0 spiro atoms. The van der Waals surface area contributed by atoms with Crippen molar-refractivity contribution in [3.63, 3.8) is 0 Å². The summed E-state index contributed by atoms with van der Waals surface area (Å²) in [6.07, 6.45) is 9.16. The second kappa shape index (κ2) is 7.27. The number of pyridine rings is 1. The number of nitrogens with zero attached hydrogens (tertiary/aromatic N) is 1. The lowest BCUT2D eigenvalue weighted by atomic mass is 9.83. The normalized spacial score (nSPS) is 22.3. The van der Waals surface area contributed by atoms with Crippen molar-refractivity contribution >= 4 is 11.8 Å². The molecule has 110 valence electrons. The fourth-order valence-electron chi connectivity index (χ4n) is 2.99. The molecule has 0 radical (unpaired) electrons. The topological polar surface area (TPSA) is 51.2 Å². The van der Waals surface area contributed by atoms with Crippen molar-refractivity contribution in [3.8, 4) is 0 Å². The lowest BCUT2D eigenvalue weighted by Crippen LogP contribution is -2.27. The minimum absolute atomic E-state index is 0.333. The van der Waals surface area contributed by atoms with Crippen LogP contribution in [0.1, 0.15) is 55.8 Å². The third-order valence-electron chi connectivity index (χ3n) is 4.10. The highest BCUT2D eigenvalue weighted by Crippen LogP contribution is 2.29. The zero-order valence-electron chi connectivity index (χ0n) is 12.4. The van der Waals surface area contributed by atoms with Gasteiger partial charge in [0.2, 0.25) is 0 Å². The van der Waals surface area contributed by atoms with E-state index in [-0.39, 0.29) is 5.97 Å². The summed E-state index contributed by atoms with van der Waals surface area (Å²) in [7, 11) is 1.40. The number of anilines is 1. The van der Waals surface area contributed by atoms with Gasteiger partial charge in [0.05, 0.1) is 7.11 Å². The Hall–Kier alpha value is -1.58. The average molecular weight is 276 g/mol. The summed E-state index contributed by atoms with van der Waals surface area (Å²) < 4.78 is 4.80. The lowest BCUT2D eigenvalue weighted by molar-refractivity contribution is 0.0601. The van der Waals surface area contributed by atoms with Crippen molar-refractivity contribution in [1.82, 2.24) is 4.98 Å². The van der Waals surface area contributed by atoms with Gasteiger partial charge < -0.3 is 10.1 Å². The molecule has 4 heteroatoms. The van der Waals surface area contributed by atoms with Gasteiger partial charge in [0, 0.05) is 12.2 Å². The molecule has 1 saturated carbocycles. The van der Waals surface area contributed by atoms with Crippen LogP contribution in [0.15, 0.2) is 18.3 Å². The molecule has 20 heavy (non-hydrogen) atoms. The maximum atomic E-state index is 11.7. The van der Waals surface area contributed by atoms with Crippen LogP contribution in [0.5, 0.6) is 0 Å². The van der Waals surface area contributed by atoms with E-state index in [4.69, 9.17) is 4.74 Å². The zero-order valence-corrected chi connectivity index (χ0v) is 12.4. The standard InChI is InChI=1S/C16H24N2O2/c1-3-5-12-7-9-13(10-8-12)18-15-14(16(19)20-2)6-4-11-17-15/h4,6,11-13H,3,5,7-10H2,1-2H3,(H,17,18). The average Bonchev–Trinajstić information content (AvgIpc) is 2.49. The van der Waals surface area contributed by atoms with Crippen LogP contribution in [-0.4, -0.2) is 24.1 Å². The molecule has 2 rings (SSSR count). The molecule has 1 aliphatic carbocycles. The van der Waals surface area contributed by atoms with Gasteiger partial charge in [-0.15, -0.1) is 0 Å². The number of esters is 1. The summed E-state index contributed by atoms with van der Waals surface area (Å²) in [5, 5.41) is 3.42. The summed E-state index contributed by atoms with van der Waals surface area (Å²) in [6, 6.07) is 3.93. The minimum Gasteiger partial charge on any atom is -0.465 e. The van der Waals surface area contributed by atoms with Crippen molar-refractivity contribution in [2.24, 2.45) is 5.92 Å². The van der Waals surface area contributed by atoms with Crippen LogP contribution in [-0.2, 0) is 4.74 Å². The van der Waals surface area contributed by atoms with Gasteiger partial charge in [-0.3, -0.25) is 0 Å². The smallest absolute Gasteiger partial charge is 0.341 e.